The Morgan fingerprint density at radius 2 is 1.89 bits per heavy atom. The van der Waals surface area contributed by atoms with Crippen LogP contribution in [0.3, 0.4) is 0 Å². The SMILES string of the molecule is CC(c1ccc(S(C)(=O)=O)cc1)n1ncc(Cl)c1N. The Morgan fingerprint density at radius 1 is 1.32 bits per heavy atom. The summed E-state index contributed by atoms with van der Waals surface area (Å²) in [5, 5.41) is 4.51. The average Bonchev–Trinajstić information content (AvgIpc) is 2.68. The third-order valence-electron chi connectivity index (χ3n) is 2.94. The van der Waals surface area contributed by atoms with Gasteiger partial charge >= 0.3 is 0 Å². The van der Waals surface area contributed by atoms with Crippen molar-refractivity contribution in [2.45, 2.75) is 17.9 Å². The van der Waals surface area contributed by atoms with E-state index in [9.17, 15) is 8.42 Å². The minimum atomic E-state index is -3.18. The lowest BCUT2D eigenvalue weighted by Crippen LogP contribution is -2.11. The normalized spacial score (nSPS) is 13.4. The molecule has 1 aromatic heterocycles. The van der Waals surface area contributed by atoms with Gasteiger partial charge < -0.3 is 5.73 Å². The van der Waals surface area contributed by atoms with Crippen LogP contribution >= 0.6 is 11.6 Å². The molecule has 0 radical (unpaired) electrons. The van der Waals surface area contributed by atoms with Crippen LogP contribution in [0.4, 0.5) is 5.82 Å². The number of nitrogen functional groups attached to an aromatic ring is 1. The number of halogens is 1. The Labute approximate surface area is 116 Å². The Bertz CT molecular complexity index is 692. The third kappa shape index (κ3) is 2.74. The van der Waals surface area contributed by atoms with Crippen LogP contribution < -0.4 is 5.73 Å². The molecule has 0 amide bonds. The van der Waals surface area contributed by atoms with E-state index in [1.807, 2.05) is 6.92 Å². The quantitative estimate of drug-likeness (QED) is 0.942. The zero-order valence-corrected chi connectivity index (χ0v) is 12.1. The second-order valence-electron chi connectivity index (χ2n) is 4.34. The van der Waals surface area contributed by atoms with Gasteiger partial charge in [0.2, 0.25) is 0 Å². The lowest BCUT2D eigenvalue weighted by molar-refractivity contribution is 0.572. The standard InChI is InChI=1S/C12H14ClN3O2S/c1-8(16-12(14)11(13)7-15-16)9-3-5-10(6-4-9)19(2,17)18/h3-8H,14H2,1-2H3. The highest BCUT2D eigenvalue weighted by Crippen LogP contribution is 2.25. The molecule has 19 heavy (non-hydrogen) atoms. The molecule has 2 rings (SSSR count). The summed E-state index contributed by atoms with van der Waals surface area (Å²) in [6.07, 6.45) is 2.66. The Hall–Kier alpha value is -1.53. The number of hydrogen-bond acceptors (Lipinski definition) is 4. The number of aromatic nitrogens is 2. The van der Waals surface area contributed by atoms with E-state index in [1.54, 1.807) is 28.9 Å². The van der Waals surface area contributed by atoms with Crippen LogP contribution in [0, 0.1) is 0 Å². The van der Waals surface area contributed by atoms with Crippen molar-refractivity contribution in [3.8, 4) is 0 Å². The predicted molar refractivity (Wildman–Crippen MR) is 75.0 cm³/mol. The highest BCUT2D eigenvalue weighted by Gasteiger charge is 2.14. The summed E-state index contributed by atoms with van der Waals surface area (Å²) < 4.78 is 24.4. The van der Waals surface area contributed by atoms with E-state index in [-0.39, 0.29) is 10.9 Å². The number of nitrogens with two attached hydrogens (primary N) is 1. The van der Waals surface area contributed by atoms with Gasteiger partial charge in [0.05, 0.1) is 17.1 Å². The van der Waals surface area contributed by atoms with Crippen molar-refractivity contribution in [3.63, 3.8) is 0 Å². The lowest BCUT2D eigenvalue weighted by atomic mass is 10.1. The average molecular weight is 300 g/mol. The molecule has 0 saturated carbocycles. The number of sulfone groups is 1. The first-order valence-corrected chi connectivity index (χ1v) is 7.86. The summed E-state index contributed by atoms with van der Waals surface area (Å²) in [5.74, 6) is 0.390. The van der Waals surface area contributed by atoms with Gasteiger partial charge in [0, 0.05) is 6.26 Å². The predicted octanol–water partition coefficient (Wildman–Crippen LogP) is 2.13. The minimum Gasteiger partial charge on any atom is -0.383 e. The van der Waals surface area contributed by atoms with Crippen LogP contribution in [-0.2, 0) is 9.84 Å². The van der Waals surface area contributed by atoms with Crippen molar-refractivity contribution in [3.05, 3.63) is 41.0 Å². The molecule has 0 fully saturated rings. The van der Waals surface area contributed by atoms with Crippen LogP contribution in [0.1, 0.15) is 18.5 Å². The lowest BCUT2D eigenvalue weighted by Gasteiger charge is -2.14. The first-order valence-electron chi connectivity index (χ1n) is 5.59. The molecule has 1 aromatic carbocycles. The second kappa shape index (κ2) is 4.86. The molecule has 102 valence electrons. The first kappa shape index (κ1) is 13.9. The van der Waals surface area contributed by atoms with Gasteiger partial charge in [-0.3, -0.25) is 0 Å². The maximum Gasteiger partial charge on any atom is 0.175 e. The van der Waals surface area contributed by atoms with E-state index in [2.05, 4.69) is 5.10 Å². The molecule has 0 aliphatic rings. The van der Waals surface area contributed by atoms with E-state index in [0.29, 0.717) is 10.8 Å². The fourth-order valence-corrected chi connectivity index (χ4v) is 2.55. The molecule has 1 atom stereocenters. The molecule has 0 saturated heterocycles. The maximum atomic E-state index is 11.4. The van der Waals surface area contributed by atoms with Gasteiger partial charge in [0.15, 0.2) is 9.84 Å². The van der Waals surface area contributed by atoms with E-state index in [0.717, 1.165) is 5.56 Å². The van der Waals surface area contributed by atoms with Crippen LogP contribution in [0.2, 0.25) is 5.02 Å². The summed E-state index contributed by atoms with van der Waals surface area (Å²) in [6.45, 7) is 1.91. The molecular formula is C12H14ClN3O2S. The number of nitrogens with zero attached hydrogens (tertiary/aromatic N) is 2. The van der Waals surface area contributed by atoms with Crippen molar-refractivity contribution >= 4 is 27.3 Å². The molecule has 7 heteroatoms. The highest BCUT2D eigenvalue weighted by molar-refractivity contribution is 7.90. The Morgan fingerprint density at radius 3 is 2.32 bits per heavy atom. The fourth-order valence-electron chi connectivity index (χ4n) is 1.79. The monoisotopic (exact) mass is 299 g/mol. The highest BCUT2D eigenvalue weighted by atomic mass is 35.5. The van der Waals surface area contributed by atoms with Gasteiger partial charge in [-0.25, -0.2) is 13.1 Å². The number of benzene rings is 1. The minimum absolute atomic E-state index is 0.124. The van der Waals surface area contributed by atoms with E-state index < -0.39 is 9.84 Å². The summed E-state index contributed by atoms with van der Waals surface area (Å²) in [4.78, 5) is 0.287. The number of anilines is 1. The smallest absolute Gasteiger partial charge is 0.175 e. The molecule has 0 aliphatic carbocycles. The van der Waals surface area contributed by atoms with Gasteiger partial charge in [-0.05, 0) is 24.6 Å². The zero-order valence-electron chi connectivity index (χ0n) is 10.5. The second-order valence-corrected chi connectivity index (χ2v) is 6.76. The van der Waals surface area contributed by atoms with Crippen LogP contribution in [-0.4, -0.2) is 24.5 Å². The Balaban J connectivity index is 2.35. The third-order valence-corrected chi connectivity index (χ3v) is 4.36. The maximum absolute atomic E-state index is 11.4. The molecule has 2 aromatic rings. The van der Waals surface area contributed by atoms with Crippen molar-refractivity contribution in [1.29, 1.82) is 0 Å². The topological polar surface area (TPSA) is 78.0 Å². The van der Waals surface area contributed by atoms with Crippen molar-refractivity contribution in [2.24, 2.45) is 0 Å². The van der Waals surface area contributed by atoms with Crippen molar-refractivity contribution < 1.29 is 8.42 Å². The first-order chi connectivity index (χ1) is 8.80. The van der Waals surface area contributed by atoms with Crippen molar-refractivity contribution in [1.82, 2.24) is 9.78 Å². The van der Waals surface area contributed by atoms with Gasteiger partial charge in [-0.1, -0.05) is 23.7 Å². The summed E-state index contributed by atoms with van der Waals surface area (Å²) in [5.41, 5.74) is 6.71. The molecule has 1 heterocycles. The van der Waals surface area contributed by atoms with Crippen LogP contribution in [0.5, 0.6) is 0 Å². The number of hydrogen-bond donors (Lipinski definition) is 1. The molecular weight excluding hydrogens is 286 g/mol. The molecule has 0 aliphatic heterocycles. The Kier molecular flexibility index (Phi) is 3.56. The molecule has 5 nitrogen and oxygen atoms in total. The fraction of sp³-hybridized carbons (Fsp3) is 0.250. The van der Waals surface area contributed by atoms with E-state index in [1.165, 1.54) is 12.5 Å². The van der Waals surface area contributed by atoms with Gasteiger partial charge in [-0.2, -0.15) is 5.10 Å². The molecule has 0 spiro atoms. The van der Waals surface area contributed by atoms with Crippen LogP contribution in [0.25, 0.3) is 0 Å². The van der Waals surface area contributed by atoms with Crippen LogP contribution in [0.15, 0.2) is 35.4 Å². The van der Waals surface area contributed by atoms with Crippen molar-refractivity contribution in [2.75, 3.05) is 12.0 Å². The zero-order chi connectivity index (χ0) is 14.2. The molecule has 1 unspecified atom stereocenters. The molecule has 2 N–H and O–H groups in total. The largest absolute Gasteiger partial charge is 0.383 e. The van der Waals surface area contributed by atoms with E-state index in [4.69, 9.17) is 17.3 Å². The van der Waals surface area contributed by atoms with E-state index >= 15 is 0 Å². The summed E-state index contributed by atoms with van der Waals surface area (Å²) in [6, 6.07) is 6.51. The number of rotatable bonds is 3. The summed E-state index contributed by atoms with van der Waals surface area (Å²) in [7, 11) is -3.18. The van der Waals surface area contributed by atoms with Gasteiger partial charge in [0.1, 0.15) is 10.8 Å². The van der Waals surface area contributed by atoms with Gasteiger partial charge in [0.25, 0.3) is 0 Å². The summed E-state index contributed by atoms with van der Waals surface area (Å²) >= 11 is 5.86. The van der Waals surface area contributed by atoms with Gasteiger partial charge in [-0.15, -0.1) is 0 Å². The molecule has 0 bridgehead atoms.